The van der Waals surface area contributed by atoms with Gasteiger partial charge in [0.15, 0.2) is 0 Å². The van der Waals surface area contributed by atoms with E-state index in [-0.39, 0.29) is 11.3 Å². The van der Waals surface area contributed by atoms with Crippen LogP contribution in [0.15, 0.2) is 18.2 Å². The molecule has 20 heavy (non-hydrogen) atoms. The Morgan fingerprint density at radius 1 is 1.50 bits per heavy atom. The molecule has 1 atom stereocenters. The van der Waals surface area contributed by atoms with Gasteiger partial charge < -0.3 is 10.3 Å². The van der Waals surface area contributed by atoms with Crippen molar-refractivity contribution in [1.82, 2.24) is 9.55 Å². The second-order valence-electron chi connectivity index (χ2n) is 5.86. The van der Waals surface area contributed by atoms with E-state index in [2.05, 4.69) is 4.98 Å². The lowest BCUT2D eigenvalue weighted by atomic mass is 9.92. The van der Waals surface area contributed by atoms with Gasteiger partial charge in [-0.1, -0.05) is 12.1 Å². The van der Waals surface area contributed by atoms with Crippen molar-refractivity contribution in [2.24, 2.45) is 11.1 Å². The molecule has 1 aromatic heterocycles. The number of carbonyl (C=O) groups is 1. The van der Waals surface area contributed by atoms with Gasteiger partial charge in [-0.25, -0.2) is 4.98 Å². The molecule has 0 aliphatic heterocycles. The number of hydrogen-bond acceptors (Lipinski definition) is 2. The Kier molecular flexibility index (Phi) is 3.78. The van der Waals surface area contributed by atoms with E-state index in [4.69, 9.17) is 17.3 Å². The largest absolute Gasteiger partial charge is 0.369 e. The molecule has 0 aliphatic rings. The number of amides is 1. The van der Waals surface area contributed by atoms with Gasteiger partial charge >= 0.3 is 0 Å². The molecule has 1 unspecified atom stereocenters. The lowest BCUT2D eigenvalue weighted by molar-refractivity contribution is -0.126. The molecule has 1 heterocycles. The highest BCUT2D eigenvalue weighted by Gasteiger charge is 2.28. The van der Waals surface area contributed by atoms with E-state index in [1.54, 1.807) is 0 Å². The first-order valence-corrected chi connectivity index (χ1v) is 7.07. The second kappa shape index (κ2) is 5.09. The monoisotopic (exact) mass is 293 g/mol. The number of carbonyl (C=O) groups excluding carboxylic acids is 1. The Balaban J connectivity index is 2.64. The Bertz CT molecular complexity index is 658. The fourth-order valence-corrected chi connectivity index (χ4v) is 2.41. The molecule has 1 aromatic carbocycles. The summed E-state index contributed by atoms with van der Waals surface area (Å²) in [5, 5.41) is -0.231. The normalized spacial score (nSPS) is 13.7. The summed E-state index contributed by atoms with van der Waals surface area (Å²) in [6.45, 7) is 8.03. The molecule has 0 saturated carbocycles. The third-order valence-electron chi connectivity index (χ3n) is 3.59. The van der Waals surface area contributed by atoms with Crippen LogP contribution in [0.3, 0.4) is 0 Å². The number of nitrogens with zero attached hydrogens (tertiary/aromatic N) is 2. The number of aromatic nitrogens is 2. The summed E-state index contributed by atoms with van der Waals surface area (Å²) in [7, 11) is 0. The molecule has 0 saturated heterocycles. The number of benzene rings is 1. The van der Waals surface area contributed by atoms with Crippen LogP contribution in [0.1, 0.15) is 37.5 Å². The molecule has 5 heteroatoms. The van der Waals surface area contributed by atoms with Crippen molar-refractivity contribution in [3.8, 4) is 0 Å². The summed E-state index contributed by atoms with van der Waals surface area (Å²) in [5.41, 5.74) is 7.83. The van der Waals surface area contributed by atoms with Gasteiger partial charge in [0.05, 0.1) is 21.8 Å². The molecule has 2 N–H and O–H groups in total. The first kappa shape index (κ1) is 14.9. The molecule has 1 amide bonds. The smallest absolute Gasteiger partial charge is 0.224 e. The van der Waals surface area contributed by atoms with Crippen LogP contribution in [-0.2, 0) is 11.3 Å². The van der Waals surface area contributed by atoms with Gasteiger partial charge in [0.2, 0.25) is 5.91 Å². The number of halogens is 1. The molecule has 2 aromatic rings. The van der Waals surface area contributed by atoms with E-state index in [1.807, 2.05) is 50.5 Å². The van der Waals surface area contributed by atoms with Crippen LogP contribution >= 0.6 is 11.6 Å². The van der Waals surface area contributed by atoms with E-state index in [9.17, 15) is 4.79 Å². The second-order valence-corrected chi connectivity index (χ2v) is 6.52. The molecule has 0 radical (unpaired) electrons. The van der Waals surface area contributed by atoms with Gasteiger partial charge in [-0.3, -0.25) is 4.79 Å². The fourth-order valence-electron chi connectivity index (χ4n) is 2.25. The van der Waals surface area contributed by atoms with Crippen LogP contribution in [0.25, 0.3) is 11.0 Å². The maximum atomic E-state index is 11.6. The third-order valence-corrected chi connectivity index (χ3v) is 3.78. The van der Waals surface area contributed by atoms with Crippen LogP contribution in [0.4, 0.5) is 0 Å². The van der Waals surface area contributed by atoms with E-state index < -0.39 is 5.41 Å². The van der Waals surface area contributed by atoms with E-state index in [0.29, 0.717) is 6.54 Å². The number of imidazole rings is 1. The maximum Gasteiger partial charge on any atom is 0.224 e. The molecular weight excluding hydrogens is 274 g/mol. The SMILES string of the molecule is Cc1cccc2c1nc(C(C)Cl)n2CC(C)(C)C(N)=O. The van der Waals surface area contributed by atoms with Crippen molar-refractivity contribution in [1.29, 1.82) is 0 Å². The van der Waals surface area contributed by atoms with Crippen molar-refractivity contribution in [2.75, 3.05) is 0 Å². The van der Waals surface area contributed by atoms with Crippen molar-refractivity contribution in [3.63, 3.8) is 0 Å². The van der Waals surface area contributed by atoms with Gasteiger partial charge in [-0.15, -0.1) is 11.6 Å². The summed E-state index contributed by atoms with van der Waals surface area (Å²) in [6, 6.07) is 5.99. The first-order chi connectivity index (χ1) is 9.24. The lowest BCUT2D eigenvalue weighted by Crippen LogP contribution is -2.35. The summed E-state index contributed by atoms with van der Waals surface area (Å²) in [4.78, 5) is 16.2. The van der Waals surface area contributed by atoms with Gasteiger partial charge in [0.25, 0.3) is 0 Å². The zero-order valence-electron chi connectivity index (χ0n) is 12.3. The number of rotatable bonds is 4. The molecule has 2 rings (SSSR count). The zero-order valence-corrected chi connectivity index (χ0v) is 13.0. The van der Waals surface area contributed by atoms with Crippen molar-refractivity contribution >= 4 is 28.5 Å². The summed E-state index contributed by atoms with van der Waals surface area (Å²) in [6.07, 6.45) is 0. The van der Waals surface area contributed by atoms with Crippen LogP contribution in [-0.4, -0.2) is 15.5 Å². The predicted molar refractivity (Wildman–Crippen MR) is 81.7 cm³/mol. The van der Waals surface area contributed by atoms with Crippen LogP contribution < -0.4 is 5.73 Å². The van der Waals surface area contributed by atoms with Crippen molar-refractivity contribution in [2.45, 2.75) is 39.6 Å². The molecule has 4 nitrogen and oxygen atoms in total. The van der Waals surface area contributed by atoms with Crippen LogP contribution in [0.2, 0.25) is 0 Å². The van der Waals surface area contributed by atoms with Crippen molar-refractivity contribution < 1.29 is 4.79 Å². The van der Waals surface area contributed by atoms with Crippen LogP contribution in [0, 0.1) is 12.3 Å². The molecule has 0 spiro atoms. The highest BCUT2D eigenvalue weighted by molar-refractivity contribution is 6.20. The van der Waals surface area contributed by atoms with Crippen LogP contribution in [0.5, 0.6) is 0 Å². The van der Waals surface area contributed by atoms with E-state index >= 15 is 0 Å². The Morgan fingerprint density at radius 3 is 2.70 bits per heavy atom. The minimum absolute atomic E-state index is 0.231. The molecule has 0 fully saturated rings. The highest BCUT2D eigenvalue weighted by Crippen LogP contribution is 2.29. The van der Waals surface area contributed by atoms with E-state index in [0.717, 1.165) is 22.4 Å². The Hall–Kier alpha value is -1.55. The number of alkyl halides is 1. The number of fused-ring (bicyclic) bond motifs is 1. The molecule has 108 valence electrons. The van der Waals surface area contributed by atoms with Gasteiger partial charge in [-0.2, -0.15) is 0 Å². The molecule has 0 aliphatic carbocycles. The maximum absolute atomic E-state index is 11.6. The summed E-state index contributed by atoms with van der Waals surface area (Å²) >= 11 is 6.24. The highest BCUT2D eigenvalue weighted by atomic mass is 35.5. The molecule has 0 bridgehead atoms. The number of nitrogens with two attached hydrogens (primary N) is 1. The predicted octanol–water partition coefficient (Wildman–Crippen LogP) is 3.16. The lowest BCUT2D eigenvalue weighted by Gasteiger charge is -2.23. The standard InChI is InChI=1S/C15H20ClN3O/c1-9-6-5-7-11-12(9)18-13(10(2)16)19(11)8-15(3,4)14(17)20/h5-7,10H,8H2,1-4H3,(H2,17,20). The summed E-state index contributed by atoms with van der Waals surface area (Å²) in [5.74, 6) is 0.436. The first-order valence-electron chi connectivity index (χ1n) is 6.64. The Morgan fingerprint density at radius 2 is 2.15 bits per heavy atom. The van der Waals surface area contributed by atoms with Crippen molar-refractivity contribution in [3.05, 3.63) is 29.6 Å². The number of aryl methyl sites for hydroxylation is 1. The summed E-state index contributed by atoms with van der Waals surface area (Å²) < 4.78 is 2.00. The number of hydrogen-bond donors (Lipinski definition) is 1. The average Bonchev–Trinajstić information content (AvgIpc) is 2.69. The topological polar surface area (TPSA) is 60.9 Å². The number of primary amides is 1. The third kappa shape index (κ3) is 2.52. The quantitative estimate of drug-likeness (QED) is 0.880. The van der Waals surface area contributed by atoms with Gasteiger partial charge in [0, 0.05) is 6.54 Å². The van der Waals surface area contributed by atoms with Gasteiger partial charge in [-0.05, 0) is 39.3 Å². The Labute approximate surface area is 123 Å². The number of para-hydroxylation sites is 1. The fraction of sp³-hybridized carbons (Fsp3) is 0.467. The molecular formula is C15H20ClN3O. The average molecular weight is 294 g/mol. The van der Waals surface area contributed by atoms with E-state index in [1.165, 1.54) is 0 Å². The minimum atomic E-state index is -0.655. The zero-order chi connectivity index (χ0) is 15.1. The van der Waals surface area contributed by atoms with Gasteiger partial charge in [0.1, 0.15) is 5.82 Å². The minimum Gasteiger partial charge on any atom is -0.369 e.